The van der Waals surface area contributed by atoms with Gasteiger partial charge in [0.15, 0.2) is 0 Å². The summed E-state index contributed by atoms with van der Waals surface area (Å²) < 4.78 is 33.0. The number of aliphatic hydroxyl groups is 1. The molecule has 0 aliphatic carbocycles. The van der Waals surface area contributed by atoms with Gasteiger partial charge in [0.05, 0.1) is 18.3 Å². The fourth-order valence-corrected chi connectivity index (χ4v) is 2.58. The summed E-state index contributed by atoms with van der Waals surface area (Å²) in [5.41, 5.74) is 0.667. The van der Waals surface area contributed by atoms with E-state index in [2.05, 4.69) is 0 Å². The van der Waals surface area contributed by atoms with Crippen molar-refractivity contribution in [3.8, 4) is 5.75 Å². The SMILES string of the molecule is OC(c1c(F)cccc1F)C1COc2ccccc2C1. The van der Waals surface area contributed by atoms with E-state index in [-0.39, 0.29) is 18.1 Å². The summed E-state index contributed by atoms with van der Waals surface area (Å²) in [6.07, 6.45) is -0.685. The zero-order chi connectivity index (χ0) is 14.1. The van der Waals surface area contributed by atoms with E-state index in [1.807, 2.05) is 24.3 Å². The summed E-state index contributed by atoms with van der Waals surface area (Å²) in [5, 5.41) is 10.3. The van der Waals surface area contributed by atoms with Crippen LogP contribution in [-0.4, -0.2) is 11.7 Å². The van der Waals surface area contributed by atoms with E-state index < -0.39 is 17.7 Å². The van der Waals surface area contributed by atoms with Crippen LogP contribution in [0.25, 0.3) is 0 Å². The first kappa shape index (κ1) is 13.1. The third-order valence-corrected chi connectivity index (χ3v) is 3.65. The van der Waals surface area contributed by atoms with Crippen molar-refractivity contribution >= 4 is 0 Å². The molecule has 1 heterocycles. The minimum absolute atomic E-state index is 0.242. The molecule has 2 aromatic carbocycles. The van der Waals surface area contributed by atoms with Crippen LogP contribution < -0.4 is 4.74 Å². The van der Waals surface area contributed by atoms with Crippen molar-refractivity contribution in [3.05, 3.63) is 65.2 Å². The van der Waals surface area contributed by atoms with E-state index in [1.54, 1.807) is 0 Å². The lowest BCUT2D eigenvalue weighted by Gasteiger charge is -2.29. The van der Waals surface area contributed by atoms with Crippen LogP contribution >= 0.6 is 0 Å². The largest absolute Gasteiger partial charge is 0.493 e. The highest BCUT2D eigenvalue weighted by Gasteiger charge is 2.30. The van der Waals surface area contributed by atoms with E-state index in [9.17, 15) is 13.9 Å². The van der Waals surface area contributed by atoms with Crippen molar-refractivity contribution in [2.75, 3.05) is 6.61 Å². The van der Waals surface area contributed by atoms with Crippen molar-refractivity contribution < 1.29 is 18.6 Å². The molecule has 0 amide bonds. The van der Waals surface area contributed by atoms with Crippen LogP contribution in [0.15, 0.2) is 42.5 Å². The Balaban J connectivity index is 1.88. The molecule has 1 aliphatic rings. The molecule has 0 saturated heterocycles. The molecule has 0 fully saturated rings. The molecule has 1 N–H and O–H groups in total. The van der Waals surface area contributed by atoms with Crippen LogP contribution in [0.4, 0.5) is 8.78 Å². The van der Waals surface area contributed by atoms with Gasteiger partial charge in [0.2, 0.25) is 0 Å². The van der Waals surface area contributed by atoms with Crippen LogP contribution in [0.1, 0.15) is 17.2 Å². The first-order valence-corrected chi connectivity index (χ1v) is 6.49. The lowest BCUT2D eigenvalue weighted by Crippen LogP contribution is -2.27. The van der Waals surface area contributed by atoms with Crippen LogP contribution in [0.5, 0.6) is 5.75 Å². The summed E-state index contributed by atoms with van der Waals surface area (Å²) in [7, 11) is 0. The quantitative estimate of drug-likeness (QED) is 0.912. The normalized spacial score (nSPS) is 19.1. The zero-order valence-electron chi connectivity index (χ0n) is 10.7. The number of halogens is 2. The molecule has 2 unspecified atom stereocenters. The average Bonchev–Trinajstić information content (AvgIpc) is 2.46. The average molecular weight is 276 g/mol. The van der Waals surface area contributed by atoms with E-state index in [1.165, 1.54) is 6.07 Å². The number of ether oxygens (including phenoxy) is 1. The lowest BCUT2D eigenvalue weighted by atomic mass is 9.88. The van der Waals surface area contributed by atoms with Gasteiger partial charge in [-0.05, 0) is 30.2 Å². The van der Waals surface area contributed by atoms with E-state index in [0.717, 1.165) is 23.4 Å². The zero-order valence-corrected chi connectivity index (χ0v) is 10.7. The summed E-state index contributed by atoms with van der Waals surface area (Å²) in [4.78, 5) is 0. The maximum absolute atomic E-state index is 13.7. The van der Waals surface area contributed by atoms with Gasteiger partial charge in [0, 0.05) is 5.92 Å². The second-order valence-corrected chi connectivity index (χ2v) is 4.96. The molecule has 20 heavy (non-hydrogen) atoms. The molecule has 0 radical (unpaired) electrons. The molecule has 2 atom stereocenters. The fraction of sp³-hybridized carbons (Fsp3) is 0.250. The summed E-state index contributed by atoms with van der Waals surface area (Å²) >= 11 is 0. The minimum atomic E-state index is -1.22. The van der Waals surface area contributed by atoms with E-state index in [4.69, 9.17) is 4.74 Å². The number of hydrogen-bond donors (Lipinski definition) is 1. The number of fused-ring (bicyclic) bond motifs is 1. The minimum Gasteiger partial charge on any atom is -0.493 e. The van der Waals surface area contributed by atoms with Crippen molar-refractivity contribution in [1.29, 1.82) is 0 Å². The molecule has 4 heteroatoms. The number of para-hydroxylation sites is 1. The van der Waals surface area contributed by atoms with Gasteiger partial charge >= 0.3 is 0 Å². The Morgan fingerprint density at radius 1 is 1.05 bits per heavy atom. The Morgan fingerprint density at radius 2 is 1.75 bits per heavy atom. The third kappa shape index (κ3) is 2.27. The van der Waals surface area contributed by atoms with E-state index in [0.29, 0.717) is 6.42 Å². The highest BCUT2D eigenvalue weighted by Crippen LogP contribution is 2.35. The standard InChI is InChI=1S/C16H14F2O2/c17-12-5-3-6-13(18)15(12)16(19)11-8-10-4-1-2-7-14(10)20-9-11/h1-7,11,16,19H,8-9H2. The number of rotatable bonds is 2. The number of aliphatic hydroxyl groups excluding tert-OH is 1. The van der Waals surface area contributed by atoms with Gasteiger partial charge in [-0.2, -0.15) is 0 Å². The van der Waals surface area contributed by atoms with Gasteiger partial charge in [-0.1, -0.05) is 24.3 Å². The molecular formula is C16H14F2O2. The lowest BCUT2D eigenvalue weighted by molar-refractivity contribution is 0.0591. The van der Waals surface area contributed by atoms with Crippen molar-refractivity contribution in [2.24, 2.45) is 5.92 Å². The first-order chi connectivity index (χ1) is 9.66. The topological polar surface area (TPSA) is 29.5 Å². The van der Waals surface area contributed by atoms with Crippen molar-refractivity contribution in [3.63, 3.8) is 0 Å². The van der Waals surface area contributed by atoms with Gasteiger partial charge < -0.3 is 9.84 Å². The summed E-state index contributed by atoms with van der Waals surface area (Å²) in [5.74, 6) is -1.05. The number of benzene rings is 2. The molecule has 0 saturated carbocycles. The van der Waals surface area contributed by atoms with Gasteiger partial charge in [-0.3, -0.25) is 0 Å². The first-order valence-electron chi connectivity index (χ1n) is 6.49. The Hall–Kier alpha value is -1.94. The maximum atomic E-state index is 13.7. The molecule has 2 nitrogen and oxygen atoms in total. The van der Waals surface area contributed by atoms with E-state index >= 15 is 0 Å². The van der Waals surface area contributed by atoms with Crippen LogP contribution in [0, 0.1) is 17.6 Å². The van der Waals surface area contributed by atoms with Gasteiger partial charge in [-0.15, -0.1) is 0 Å². The Bertz CT molecular complexity index is 607. The molecule has 104 valence electrons. The highest BCUT2D eigenvalue weighted by molar-refractivity contribution is 5.36. The monoisotopic (exact) mass is 276 g/mol. The predicted octanol–water partition coefficient (Wildman–Crippen LogP) is 3.25. The third-order valence-electron chi connectivity index (χ3n) is 3.65. The number of hydrogen-bond acceptors (Lipinski definition) is 2. The van der Waals surface area contributed by atoms with Gasteiger partial charge in [0.25, 0.3) is 0 Å². The molecule has 0 bridgehead atoms. The fourth-order valence-electron chi connectivity index (χ4n) is 2.58. The molecule has 1 aliphatic heterocycles. The van der Waals surface area contributed by atoms with Crippen LogP contribution in [0.2, 0.25) is 0 Å². The van der Waals surface area contributed by atoms with Gasteiger partial charge in [-0.25, -0.2) is 8.78 Å². The van der Waals surface area contributed by atoms with Gasteiger partial charge in [0.1, 0.15) is 17.4 Å². The summed E-state index contributed by atoms with van der Waals surface area (Å²) in [6.45, 7) is 0.242. The molecular weight excluding hydrogens is 262 g/mol. The second kappa shape index (κ2) is 5.21. The van der Waals surface area contributed by atoms with Crippen molar-refractivity contribution in [1.82, 2.24) is 0 Å². The smallest absolute Gasteiger partial charge is 0.131 e. The second-order valence-electron chi connectivity index (χ2n) is 4.96. The Labute approximate surface area is 115 Å². The highest BCUT2D eigenvalue weighted by atomic mass is 19.1. The summed E-state index contributed by atoms with van der Waals surface area (Å²) in [6, 6.07) is 11.1. The van der Waals surface area contributed by atoms with Crippen LogP contribution in [0.3, 0.4) is 0 Å². The maximum Gasteiger partial charge on any atom is 0.131 e. The molecule has 2 aromatic rings. The Morgan fingerprint density at radius 3 is 2.50 bits per heavy atom. The van der Waals surface area contributed by atoms with Crippen molar-refractivity contribution in [2.45, 2.75) is 12.5 Å². The molecule has 0 spiro atoms. The van der Waals surface area contributed by atoms with Crippen LogP contribution in [-0.2, 0) is 6.42 Å². The molecule has 3 rings (SSSR count). The molecule has 0 aromatic heterocycles. The Kier molecular flexibility index (Phi) is 3.40. The predicted molar refractivity (Wildman–Crippen MR) is 70.4 cm³/mol.